The predicted octanol–water partition coefficient (Wildman–Crippen LogP) is 3.47. The number of nitrogens with zero attached hydrogens (tertiary/aromatic N) is 5. The maximum Gasteiger partial charge on any atom is 0.233 e. The number of aromatic nitrogens is 4. The SMILES string of the molecule is CC(C)Cc1nnc([C@@H](C)N2CCC[C@@H](c3noc(C4CC4)n3)C2)o1. The summed E-state index contributed by atoms with van der Waals surface area (Å²) in [4.78, 5) is 7.04. The van der Waals surface area contributed by atoms with Gasteiger partial charge in [0.1, 0.15) is 0 Å². The van der Waals surface area contributed by atoms with E-state index in [1.807, 2.05) is 0 Å². The van der Waals surface area contributed by atoms with Crippen LogP contribution in [-0.2, 0) is 6.42 Å². The molecule has 2 fully saturated rings. The zero-order valence-corrected chi connectivity index (χ0v) is 15.3. The highest BCUT2D eigenvalue weighted by molar-refractivity contribution is 5.06. The van der Waals surface area contributed by atoms with Gasteiger partial charge in [-0.2, -0.15) is 4.98 Å². The van der Waals surface area contributed by atoms with E-state index in [2.05, 4.69) is 46.0 Å². The highest BCUT2D eigenvalue weighted by atomic mass is 16.5. The molecule has 0 spiro atoms. The molecule has 0 radical (unpaired) electrons. The zero-order chi connectivity index (χ0) is 17.4. The molecule has 1 aliphatic heterocycles. The Morgan fingerprint density at radius 3 is 2.72 bits per heavy atom. The number of rotatable bonds is 6. The number of piperidine rings is 1. The molecule has 1 saturated carbocycles. The van der Waals surface area contributed by atoms with E-state index >= 15 is 0 Å². The molecule has 7 heteroatoms. The first-order valence-corrected chi connectivity index (χ1v) is 9.50. The summed E-state index contributed by atoms with van der Waals surface area (Å²) in [5.74, 6) is 4.49. The molecule has 2 aliphatic rings. The summed E-state index contributed by atoms with van der Waals surface area (Å²) < 4.78 is 11.3. The van der Waals surface area contributed by atoms with E-state index in [4.69, 9.17) is 8.94 Å². The highest BCUT2D eigenvalue weighted by Gasteiger charge is 2.33. The van der Waals surface area contributed by atoms with E-state index < -0.39 is 0 Å². The molecule has 1 aliphatic carbocycles. The van der Waals surface area contributed by atoms with Gasteiger partial charge in [-0.1, -0.05) is 19.0 Å². The molecular weight excluding hydrogens is 318 g/mol. The molecule has 4 rings (SSSR count). The average Bonchev–Trinajstić information content (AvgIpc) is 3.15. The first kappa shape index (κ1) is 16.7. The Morgan fingerprint density at radius 2 is 1.96 bits per heavy atom. The van der Waals surface area contributed by atoms with Crippen LogP contribution >= 0.6 is 0 Å². The third-order valence-corrected chi connectivity index (χ3v) is 5.17. The van der Waals surface area contributed by atoms with Gasteiger partial charge in [-0.05, 0) is 45.1 Å². The third kappa shape index (κ3) is 3.76. The smallest absolute Gasteiger partial charge is 0.233 e. The van der Waals surface area contributed by atoms with Crippen molar-refractivity contribution in [2.24, 2.45) is 5.92 Å². The van der Waals surface area contributed by atoms with E-state index in [0.717, 1.165) is 50.0 Å². The van der Waals surface area contributed by atoms with Gasteiger partial charge in [0.15, 0.2) is 5.82 Å². The Kier molecular flexibility index (Phi) is 4.58. The minimum absolute atomic E-state index is 0.117. The average molecular weight is 345 g/mol. The van der Waals surface area contributed by atoms with Crippen LogP contribution in [0, 0.1) is 5.92 Å². The lowest BCUT2D eigenvalue weighted by atomic mass is 9.96. The molecule has 25 heavy (non-hydrogen) atoms. The van der Waals surface area contributed by atoms with Crippen LogP contribution in [0.4, 0.5) is 0 Å². The van der Waals surface area contributed by atoms with Gasteiger partial charge in [-0.25, -0.2) is 0 Å². The van der Waals surface area contributed by atoms with Crippen molar-refractivity contribution in [3.8, 4) is 0 Å². The lowest BCUT2D eigenvalue weighted by molar-refractivity contribution is 0.134. The second-order valence-electron chi connectivity index (χ2n) is 7.91. The van der Waals surface area contributed by atoms with Crippen molar-refractivity contribution >= 4 is 0 Å². The van der Waals surface area contributed by atoms with Crippen LogP contribution in [0.1, 0.15) is 87.8 Å². The van der Waals surface area contributed by atoms with E-state index in [9.17, 15) is 0 Å². The van der Waals surface area contributed by atoms with Crippen LogP contribution in [-0.4, -0.2) is 38.3 Å². The zero-order valence-electron chi connectivity index (χ0n) is 15.3. The molecule has 0 N–H and O–H groups in total. The third-order valence-electron chi connectivity index (χ3n) is 5.17. The summed E-state index contributed by atoms with van der Waals surface area (Å²) in [6.45, 7) is 8.40. The lowest BCUT2D eigenvalue weighted by Crippen LogP contribution is -2.36. The van der Waals surface area contributed by atoms with E-state index in [-0.39, 0.29) is 6.04 Å². The highest BCUT2D eigenvalue weighted by Crippen LogP contribution is 2.40. The van der Waals surface area contributed by atoms with Crippen LogP contribution in [0.2, 0.25) is 0 Å². The number of hydrogen-bond acceptors (Lipinski definition) is 7. The first-order valence-electron chi connectivity index (χ1n) is 9.50. The summed E-state index contributed by atoms with van der Waals surface area (Å²) in [6, 6.07) is 0.117. The Morgan fingerprint density at radius 1 is 1.12 bits per heavy atom. The number of hydrogen-bond donors (Lipinski definition) is 0. The number of likely N-dealkylation sites (tertiary alicyclic amines) is 1. The van der Waals surface area contributed by atoms with Gasteiger partial charge in [-0.15, -0.1) is 10.2 Å². The van der Waals surface area contributed by atoms with E-state index in [1.165, 1.54) is 12.8 Å². The molecular formula is C18H27N5O2. The molecule has 2 aromatic heterocycles. The molecule has 1 saturated heterocycles. The van der Waals surface area contributed by atoms with E-state index in [1.54, 1.807) is 0 Å². The van der Waals surface area contributed by atoms with Crippen LogP contribution < -0.4 is 0 Å². The second kappa shape index (κ2) is 6.86. The van der Waals surface area contributed by atoms with Gasteiger partial charge < -0.3 is 8.94 Å². The molecule has 3 heterocycles. The van der Waals surface area contributed by atoms with Crippen molar-refractivity contribution in [1.29, 1.82) is 0 Å². The largest absolute Gasteiger partial charge is 0.424 e. The summed E-state index contributed by atoms with van der Waals surface area (Å²) in [7, 11) is 0. The fourth-order valence-corrected chi connectivity index (χ4v) is 3.50. The lowest BCUT2D eigenvalue weighted by Gasteiger charge is -2.34. The van der Waals surface area contributed by atoms with Crippen molar-refractivity contribution in [2.75, 3.05) is 13.1 Å². The quantitative estimate of drug-likeness (QED) is 0.793. The normalized spacial score (nSPS) is 23.3. The maximum absolute atomic E-state index is 5.88. The van der Waals surface area contributed by atoms with Gasteiger partial charge in [0.05, 0.1) is 6.04 Å². The minimum atomic E-state index is 0.117. The Bertz CT molecular complexity index is 706. The molecule has 0 bridgehead atoms. The molecule has 7 nitrogen and oxygen atoms in total. The van der Waals surface area contributed by atoms with E-state index in [0.29, 0.717) is 23.6 Å². The van der Waals surface area contributed by atoms with Crippen molar-refractivity contribution in [3.63, 3.8) is 0 Å². The van der Waals surface area contributed by atoms with Crippen molar-refractivity contribution < 1.29 is 8.94 Å². The molecule has 2 atom stereocenters. The van der Waals surface area contributed by atoms with Crippen LogP contribution in [0.25, 0.3) is 0 Å². The standard InChI is InChI=1S/C18H27N5O2/c1-11(2)9-15-20-21-17(24-15)12(3)23-8-4-5-14(10-23)16-19-18(25-22-16)13-6-7-13/h11-14H,4-10H2,1-3H3/t12-,14-/m1/s1. The monoisotopic (exact) mass is 345 g/mol. The van der Waals surface area contributed by atoms with Crippen LogP contribution in [0.5, 0.6) is 0 Å². The second-order valence-corrected chi connectivity index (χ2v) is 7.91. The Labute approximate surface area is 148 Å². The Hall–Kier alpha value is -1.76. The van der Waals surface area contributed by atoms with Crippen LogP contribution in [0.15, 0.2) is 8.94 Å². The van der Waals surface area contributed by atoms with Crippen molar-refractivity contribution in [3.05, 3.63) is 23.5 Å². The van der Waals surface area contributed by atoms with Gasteiger partial charge in [-0.3, -0.25) is 4.90 Å². The van der Waals surface area contributed by atoms with Crippen LogP contribution in [0.3, 0.4) is 0 Å². The molecule has 0 unspecified atom stereocenters. The summed E-state index contributed by atoms with van der Waals surface area (Å²) >= 11 is 0. The van der Waals surface area contributed by atoms with Crippen molar-refractivity contribution in [2.45, 2.75) is 70.8 Å². The first-order chi connectivity index (χ1) is 12.1. The van der Waals surface area contributed by atoms with Gasteiger partial charge in [0.2, 0.25) is 17.7 Å². The molecule has 0 aromatic carbocycles. The Balaban J connectivity index is 1.41. The topological polar surface area (TPSA) is 81.1 Å². The van der Waals surface area contributed by atoms with Gasteiger partial charge >= 0.3 is 0 Å². The van der Waals surface area contributed by atoms with Gasteiger partial charge in [0, 0.05) is 24.8 Å². The summed E-state index contributed by atoms with van der Waals surface area (Å²) in [5, 5.41) is 12.7. The molecule has 0 amide bonds. The predicted molar refractivity (Wildman–Crippen MR) is 91.1 cm³/mol. The fourth-order valence-electron chi connectivity index (χ4n) is 3.50. The maximum atomic E-state index is 5.88. The van der Waals surface area contributed by atoms with Crippen molar-refractivity contribution in [1.82, 2.24) is 25.2 Å². The fraction of sp³-hybridized carbons (Fsp3) is 0.778. The van der Waals surface area contributed by atoms with Gasteiger partial charge in [0.25, 0.3) is 0 Å². The molecule has 2 aromatic rings. The summed E-state index contributed by atoms with van der Waals surface area (Å²) in [5.41, 5.74) is 0. The molecule has 136 valence electrons. The minimum Gasteiger partial charge on any atom is -0.424 e. The summed E-state index contributed by atoms with van der Waals surface area (Å²) in [6.07, 6.45) is 5.43.